The number of aldehydes is 3. The van der Waals surface area contributed by atoms with E-state index in [1.54, 1.807) is 72.8 Å². The quantitative estimate of drug-likeness (QED) is 0.0170. The fraction of sp³-hybridized carbons (Fsp3) is 0.355. The molecule has 93 heavy (non-hydrogen) atoms. The van der Waals surface area contributed by atoms with Crippen LogP contribution < -0.4 is 57.0 Å². The lowest BCUT2D eigenvalue weighted by atomic mass is 9.76. The number of aliphatic hydroxyl groups is 1. The number of aliphatic hydroxyl groups excluding tert-OH is 1. The summed E-state index contributed by atoms with van der Waals surface area (Å²) in [6, 6.07) is 30.3. The minimum Gasteiger partial charge on any atom is -0.494 e. The highest BCUT2D eigenvalue weighted by atomic mass is 79.9. The topological polar surface area (TPSA) is 357 Å². The third-order valence-electron chi connectivity index (χ3n) is 14.0. The Morgan fingerprint density at radius 3 is 1.24 bits per heavy atom. The third-order valence-corrected chi connectivity index (χ3v) is 15.4. The number of carbonyl (C=O) groups excluding carboxylic acids is 3. The number of benzene rings is 6. The first-order valence-corrected chi connectivity index (χ1v) is 30.8. The van der Waals surface area contributed by atoms with E-state index in [4.69, 9.17) is 73.4 Å². The standard InChI is InChI=1S/C15H21BO4.C10H12BNO5.C10H14BNO3.C9H12BNO4.C9H9BrO2.C7H4BrFO.C2H4O2/c1-6-18-12-8-7-11(10-17)13(9-12)16-19-14(2,3)15(4,5)20-16;1-2-16-7-3-4-8-9(5-7)11(13)17-10(8)6-12(14)15;1-2-14-7-3-4-8-9(5-7)11(13)15-10(8)6-12;11-4-9-7-2-1-6(14-5-12)3-8(7)10(13)15-9;1-2-12-8-4-3-7(6-11)9(10)5-8;8-7-3-6(9)2-1-5(7)4-10;1-2(3)4/h7-10H,6H2,1-5H3;3-5,10,13H,2,6H2,1H3;3-5,10,13H,2,6,12H2,1H3;1-3,9,12-13H,4-5,11H2;3-6H,2H2,1H3;1-4H;1H3,(H,3,4). The number of nitrogens with two attached hydrogens (primary N) is 2. The Hall–Kier alpha value is -7.09. The van der Waals surface area contributed by atoms with Crippen LogP contribution in [0.1, 0.15) is 128 Å². The molecule has 0 spiro atoms. The van der Waals surface area contributed by atoms with E-state index in [0.29, 0.717) is 106 Å². The van der Waals surface area contributed by atoms with Crippen molar-refractivity contribution in [2.24, 2.45) is 11.5 Å². The summed E-state index contributed by atoms with van der Waals surface area (Å²) >= 11 is 6.30. The van der Waals surface area contributed by atoms with E-state index >= 15 is 0 Å². The first kappa shape index (κ1) is 78.4. The summed E-state index contributed by atoms with van der Waals surface area (Å²) in [6.45, 7) is 18.9. The largest absolute Gasteiger partial charge is 0.495 e. The van der Waals surface area contributed by atoms with Gasteiger partial charge < -0.3 is 83.7 Å². The number of aliphatic carboxylic acids is 1. The second-order valence-electron chi connectivity index (χ2n) is 20.9. The van der Waals surface area contributed by atoms with Gasteiger partial charge in [0.2, 0.25) is 6.54 Å². The molecule has 498 valence electrons. The van der Waals surface area contributed by atoms with Crippen LogP contribution in [0.4, 0.5) is 4.39 Å². The first-order chi connectivity index (χ1) is 44.2. The molecule has 3 atom stereocenters. The van der Waals surface area contributed by atoms with Crippen molar-refractivity contribution in [3.8, 4) is 28.7 Å². The molecule has 0 aliphatic carbocycles. The van der Waals surface area contributed by atoms with Crippen LogP contribution in [0, 0.1) is 15.9 Å². The van der Waals surface area contributed by atoms with Gasteiger partial charge in [-0.1, -0.05) is 18.2 Å². The van der Waals surface area contributed by atoms with E-state index < -0.39 is 63.5 Å². The molecular formula is C62H76B4Br2FN3O21. The minimum atomic E-state index is -1.12. The maximum absolute atomic E-state index is 12.3. The van der Waals surface area contributed by atoms with Gasteiger partial charge in [-0.3, -0.25) is 29.3 Å². The molecule has 4 aliphatic heterocycles. The minimum absolute atomic E-state index is 0.203. The molecule has 6 aromatic carbocycles. The summed E-state index contributed by atoms with van der Waals surface area (Å²) in [7, 11) is -3.51. The normalized spacial score (nSPS) is 16.3. The molecule has 1 fully saturated rings. The van der Waals surface area contributed by atoms with Gasteiger partial charge in [-0.15, -0.1) is 0 Å². The van der Waals surface area contributed by atoms with Gasteiger partial charge >= 0.3 is 28.5 Å². The Bertz CT molecular complexity index is 3350. The molecule has 0 aromatic heterocycles. The van der Waals surface area contributed by atoms with E-state index in [9.17, 15) is 44.0 Å². The van der Waals surface area contributed by atoms with Crippen molar-refractivity contribution in [3.63, 3.8) is 0 Å². The second-order valence-corrected chi connectivity index (χ2v) is 22.6. The molecule has 4 aliphatic rings. The zero-order valence-corrected chi connectivity index (χ0v) is 56.0. The van der Waals surface area contributed by atoms with Crippen LogP contribution in [0.5, 0.6) is 28.7 Å². The van der Waals surface area contributed by atoms with Gasteiger partial charge in [0.1, 0.15) is 47.0 Å². The van der Waals surface area contributed by atoms with Gasteiger partial charge in [-0.25, -0.2) is 4.39 Å². The van der Waals surface area contributed by atoms with Gasteiger partial charge in [0.25, 0.3) is 5.97 Å². The smallest absolute Gasteiger partial charge is 0.494 e. The molecule has 0 amide bonds. The number of nitrogens with zero attached hydrogens (tertiary/aromatic N) is 1. The van der Waals surface area contributed by atoms with Gasteiger partial charge in [-0.2, -0.15) is 0 Å². The third kappa shape index (κ3) is 23.1. The summed E-state index contributed by atoms with van der Waals surface area (Å²) in [4.78, 5) is 50.8. The summed E-state index contributed by atoms with van der Waals surface area (Å²) < 4.78 is 67.5. The molecule has 0 bridgehead atoms. The first-order valence-electron chi connectivity index (χ1n) is 29.2. The molecule has 24 nitrogen and oxygen atoms in total. The number of carboxylic acids is 1. The maximum atomic E-state index is 12.3. The number of carboxylic acid groups (broad SMARTS) is 1. The van der Waals surface area contributed by atoms with Crippen molar-refractivity contribution in [1.29, 1.82) is 0 Å². The maximum Gasteiger partial charge on any atom is 0.495 e. The summed E-state index contributed by atoms with van der Waals surface area (Å²) in [5, 5.41) is 55.4. The predicted molar refractivity (Wildman–Crippen MR) is 356 cm³/mol. The molecule has 0 radical (unpaired) electrons. The Labute approximate surface area is 557 Å². The zero-order chi connectivity index (χ0) is 69.2. The van der Waals surface area contributed by atoms with Crippen LogP contribution in [0.2, 0.25) is 0 Å². The van der Waals surface area contributed by atoms with Crippen molar-refractivity contribution in [2.45, 2.75) is 91.8 Å². The number of fused-ring (bicyclic) bond motifs is 3. The van der Waals surface area contributed by atoms with Crippen molar-refractivity contribution >= 4 is 107 Å². The molecule has 0 saturated carbocycles. The summed E-state index contributed by atoms with van der Waals surface area (Å²) in [5.41, 5.74) is 17.0. The van der Waals surface area contributed by atoms with Crippen LogP contribution in [0.3, 0.4) is 0 Å². The Kier molecular flexibility index (Phi) is 32.3. The number of halogens is 3. The number of hydrogen-bond acceptors (Lipinski definition) is 22. The molecule has 31 heteroatoms. The second kappa shape index (κ2) is 38.3. The highest BCUT2D eigenvalue weighted by Gasteiger charge is 2.52. The predicted octanol–water partition coefficient (Wildman–Crippen LogP) is 6.01. The lowest BCUT2D eigenvalue weighted by Crippen LogP contribution is -2.41. The molecule has 4 heterocycles. The van der Waals surface area contributed by atoms with Crippen molar-refractivity contribution in [2.75, 3.05) is 52.9 Å². The highest BCUT2D eigenvalue weighted by molar-refractivity contribution is 9.10. The van der Waals surface area contributed by atoms with Crippen LogP contribution in [-0.2, 0) is 28.1 Å². The average molecular weight is 1420 g/mol. The monoisotopic (exact) mass is 1420 g/mol. The highest BCUT2D eigenvalue weighted by Crippen LogP contribution is 2.37. The molecule has 1 saturated heterocycles. The summed E-state index contributed by atoms with van der Waals surface area (Å²) in [5.74, 6) is 2.17. The van der Waals surface area contributed by atoms with Crippen molar-refractivity contribution < 1.29 is 101 Å². The number of hydrogen-bond donors (Lipinski definition) is 7. The molecule has 10 rings (SSSR count). The van der Waals surface area contributed by atoms with Crippen LogP contribution in [0.25, 0.3) is 0 Å². The van der Waals surface area contributed by atoms with Crippen LogP contribution in [-0.4, -0.2) is 148 Å². The van der Waals surface area contributed by atoms with Gasteiger partial charge in [0.15, 0.2) is 19.4 Å². The van der Waals surface area contributed by atoms with E-state index in [2.05, 4.69) is 31.9 Å². The molecule has 9 N–H and O–H groups in total. The average Bonchev–Trinajstić information content (AvgIpc) is 1.91. The van der Waals surface area contributed by atoms with E-state index in [0.717, 1.165) is 52.1 Å². The lowest BCUT2D eigenvalue weighted by molar-refractivity contribution is -0.490. The molecular weight excluding hydrogens is 1340 g/mol. The van der Waals surface area contributed by atoms with Gasteiger partial charge in [0, 0.05) is 50.6 Å². The lowest BCUT2D eigenvalue weighted by Gasteiger charge is -2.32. The van der Waals surface area contributed by atoms with E-state index in [-0.39, 0.29) is 24.6 Å². The summed E-state index contributed by atoms with van der Waals surface area (Å²) in [6.07, 6.45) is 1.13. The molecule has 3 unspecified atom stereocenters. The number of carbonyl (C=O) groups is 4. The fourth-order valence-electron chi connectivity index (χ4n) is 8.95. The fourth-order valence-corrected chi connectivity index (χ4v) is 9.85. The van der Waals surface area contributed by atoms with E-state index in [1.165, 1.54) is 18.2 Å². The van der Waals surface area contributed by atoms with Crippen LogP contribution >= 0.6 is 31.9 Å². The zero-order valence-electron chi connectivity index (χ0n) is 52.8. The molecule has 6 aromatic rings. The van der Waals surface area contributed by atoms with Gasteiger partial charge in [-0.05, 0) is 217 Å². The van der Waals surface area contributed by atoms with Gasteiger partial charge in [0.05, 0.1) is 49.8 Å². The Morgan fingerprint density at radius 2 is 0.892 bits per heavy atom. The number of rotatable bonds is 18. The Balaban J connectivity index is 0.000000238. The Morgan fingerprint density at radius 1 is 0.570 bits per heavy atom. The number of nitro groups is 1. The van der Waals surface area contributed by atoms with Crippen molar-refractivity contribution in [3.05, 3.63) is 167 Å². The van der Waals surface area contributed by atoms with Crippen molar-refractivity contribution in [1.82, 2.24) is 0 Å². The van der Waals surface area contributed by atoms with E-state index in [1.807, 2.05) is 73.6 Å². The number of ether oxygens (including phenoxy) is 5. The SMILES string of the molecule is CC(=O)O.CCOc1ccc(C=O)c(B2OC(C)(C)C(C)(C)O2)c1.CCOc1ccc(C=O)c(Br)c1.CCOc1ccc2c(c1)B(O)OC2CN.CCOc1ccc2c(c1)B(O)OC2C[N+](=O)[O-].NCC1OB(O)c2cc(OCO)ccc21.O=Cc1ccc(F)cc1Br. The van der Waals surface area contributed by atoms with Crippen LogP contribution in [0.15, 0.2) is 118 Å².